The van der Waals surface area contributed by atoms with Gasteiger partial charge in [-0.1, -0.05) is 103 Å². The van der Waals surface area contributed by atoms with Crippen molar-refractivity contribution in [3.05, 3.63) is 144 Å². The highest BCUT2D eigenvalue weighted by Gasteiger charge is 2.39. The smallest absolute Gasteiger partial charge is 0.251 e. The summed E-state index contributed by atoms with van der Waals surface area (Å²) in [5.74, 6) is -2.77. The van der Waals surface area contributed by atoms with Gasteiger partial charge in [-0.3, -0.25) is 33.8 Å². The second kappa shape index (κ2) is 24.6. The van der Waals surface area contributed by atoms with Gasteiger partial charge in [-0.25, -0.2) is 0 Å². The van der Waals surface area contributed by atoms with Crippen LogP contribution in [-0.4, -0.2) is 97.2 Å². The third-order valence-corrected chi connectivity index (χ3v) is 11.0. The molecule has 0 aliphatic carbocycles. The van der Waals surface area contributed by atoms with Crippen LogP contribution in [0.5, 0.6) is 5.75 Å². The monoisotopic (exact) mass is 917 g/mol. The summed E-state index contributed by atoms with van der Waals surface area (Å²) in [5, 5.41) is 15.7. The molecule has 16 nitrogen and oxygen atoms in total. The number of carbonyl (C=O) groups excluding carboxylic acids is 6. The highest BCUT2D eigenvalue weighted by molar-refractivity contribution is 6.02. The van der Waals surface area contributed by atoms with Crippen molar-refractivity contribution in [3.8, 4) is 5.75 Å². The molecule has 0 spiro atoms. The maximum absolute atomic E-state index is 14.6. The summed E-state index contributed by atoms with van der Waals surface area (Å²) in [5.41, 5.74) is 13.3. The highest BCUT2D eigenvalue weighted by Crippen LogP contribution is 2.30. The normalized spacial score (nSPS) is 14.3. The first-order valence-corrected chi connectivity index (χ1v) is 21.5. The first-order chi connectivity index (χ1) is 31.5. The predicted octanol–water partition coefficient (Wildman–Crippen LogP) is 3.62. The third-order valence-electron chi connectivity index (χ3n) is 11.0. The van der Waals surface area contributed by atoms with Crippen LogP contribution in [0.3, 0.4) is 0 Å². The quantitative estimate of drug-likeness (QED) is 0.0342. The lowest BCUT2D eigenvalue weighted by molar-refractivity contribution is -0.140. The molecule has 346 valence electrons. The van der Waals surface area contributed by atoms with Crippen molar-refractivity contribution in [2.75, 3.05) is 32.1 Å². The van der Waals surface area contributed by atoms with Gasteiger partial charge in [-0.2, -0.15) is 0 Å². The number of amides is 6. The molecule has 17 heteroatoms. The van der Waals surface area contributed by atoms with E-state index in [-0.39, 0.29) is 50.1 Å². The molecular weight excluding hydrogens is 862 g/mol. The molecule has 0 saturated carbocycles. The zero-order chi connectivity index (χ0) is 46.1. The number of hydrogen-bond donors (Lipinski definition) is 7. The van der Waals surface area contributed by atoms with Gasteiger partial charge in [-0.15, -0.1) is 12.4 Å². The number of nitrogens with two attached hydrogens (primary N) is 2. The van der Waals surface area contributed by atoms with Crippen LogP contribution in [0.15, 0.2) is 132 Å². The molecule has 0 bridgehead atoms. The number of hydrogen-bond acceptors (Lipinski definition) is 8. The van der Waals surface area contributed by atoms with Crippen LogP contribution in [0.2, 0.25) is 0 Å². The molecule has 4 atom stereocenters. The van der Waals surface area contributed by atoms with Crippen molar-refractivity contribution >= 4 is 70.3 Å². The van der Waals surface area contributed by atoms with E-state index >= 15 is 0 Å². The molecule has 0 aromatic heterocycles. The van der Waals surface area contributed by atoms with Gasteiger partial charge in [0.05, 0.1) is 13.7 Å². The van der Waals surface area contributed by atoms with E-state index in [0.29, 0.717) is 42.8 Å². The highest BCUT2D eigenvalue weighted by atomic mass is 35.5. The van der Waals surface area contributed by atoms with E-state index < -0.39 is 60.2 Å². The van der Waals surface area contributed by atoms with Crippen molar-refractivity contribution in [2.24, 2.45) is 16.5 Å². The Labute approximate surface area is 389 Å². The fourth-order valence-corrected chi connectivity index (χ4v) is 7.77. The fraction of sp³-hybridized carbons (Fsp3) is 0.286. The van der Waals surface area contributed by atoms with Crippen LogP contribution in [0.25, 0.3) is 10.8 Å². The van der Waals surface area contributed by atoms with Crippen LogP contribution in [-0.2, 0) is 36.8 Å². The van der Waals surface area contributed by atoms with Crippen molar-refractivity contribution in [1.82, 2.24) is 26.2 Å². The summed E-state index contributed by atoms with van der Waals surface area (Å²) in [6, 6.07) is 33.7. The Bertz CT molecular complexity index is 2470. The number of ether oxygens (including phenoxy) is 1. The Morgan fingerprint density at radius 3 is 2.02 bits per heavy atom. The van der Waals surface area contributed by atoms with Gasteiger partial charge >= 0.3 is 0 Å². The molecule has 6 rings (SSSR count). The molecule has 4 unspecified atom stereocenters. The zero-order valence-corrected chi connectivity index (χ0v) is 37.4. The van der Waals surface area contributed by atoms with Crippen LogP contribution in [0.4, 0.5) is 5.69 Å². The molecule has 1 fully saturated rings. The van der Waals surface area contributed by atoms with Crippen LogP contribution in [0.1, 0.15) is 47.2 Å². The molecule has 6 amide bonds. The minimum absolute atomic E-state index is 0. The number of anilines is 1. The molecule has 0 radical (unpaired) electrons. The van der Waals surface area contributed by atoms with Crippen LogP contribution < -0.4 is 42.8 Å². The van der Waals surface area contributed by atoms with Crippen LogP contribution in [0, 0.1) is 0 Å². The number of aliphatic imine (C=N–C) groups is 1. The molecule has 1 aliphatic rings. The Morgan fingerprint density at radius 1 is 0.742 bits per heavy atom. The minimum atomic E-state index is -1.18. The number of fused-ring (bicyclic) bond motifs is 1. The lowest BCUT2D eigenvalue weighted by Gasteiger charge is -2.30. The summed E-state index contributed by atoms with van der Waals surface area (Å²) < 4.78 is 5.60. The Morgan fingerprint density at radius 2 is 1.36 bits per heavy atom. The standard InChI is InChI=1S/C49H55N9O7.ClH/c1-65-42-30-36(29-35-21-11-12-22-37(35)42)54-47(63)41-24-14-26-58(41)48(64)40(28-33-17-7-3-8-18-33)57-46(62)39(27-32-15-5-2-6-16-32)55-43(59)31-53-45(61)38(23-13-25-52-49(50)51)56-44(60)34-19-9-4-10-20-34;/h2-12,15-22,29-30,38-41H,13-14,23-28,31H2,1H3,(H,53,61)(H,54,63)(H,55,59)(H,56,60)(H,57,62)(H4,50,51,52);1H. The Hall–Kier alpha value is -7.46. The maximum Gasteiger partial charge on any atom is 0.251 e. The maximum atomic E-state index is 14.6. The van der Waals surface area contributed by atoms with Crippen molar-refractivity contribution in [2.45, 2.75) is 62.7 Å². The second-order valence-electron chi connectivity index (χ2n) is 15.7. The summed E-state index contributed by atoms with van der Waals surface area (Å²) in [6.45, 7) is -0.0163. The molecule has 1 aliphatic heterocycles. The second-order valence-corrected chi connectivity index (χ2v) is 15.7. The summed E-state index contributed by atoms with van der Waals surface area (Å²) in [7, 11) is 1.56. The molecule has 5 aromatic rings. The van der Waals surface area contributed by atoms with Gasteiger partial charge in [0, 0.05) is 48.6 Å². The molecule has 1 heterocycles. The van der Waals surface area contributed by atoms with E-state index in [9.17, 15) is 28.8 Å². The van der Waals surface area contributed by atoms with Crippen molar-refractivity contribution in [1.29, 1.82) is 0 Å². The number of guanidine groups is 1. The molecule has 1 saturated heterocycles. The van der Waals surface area contributed by atoms with Gasteiger partial charge in [0.1, 0.15) is 29.9 Å². The molecule has 5 aromatic carbocycles. The van der Waals surface area contributed by atoms with E-state index in [4.69, 9.17) is 16.2 Å². The number of carbonyl (C=O) groups is 6. The predicted molar refractivity (Wildman–Crippen MR) is 256 cm³/mol. The zero-order valence-electron chi connectivity index (χ0n) is 36.6. The first kappa shape index (κ1) is 49.6. The van der Waals surface area contributed by atoms with Gasteiger partial charge in [0.15, 0.2) is 5.96 Å². The number of likely N-dealkylation sites (tertiary alicyclic amines) is 1. The first-order valence-electron chi connectivity index (χ1n) is 21.5. The topological polar surface area (TPSA) is 239 Å². The van der Waals surface area contributed by atoms with Crippen molar-refractivity contribution in [3.63, 3.8) is 0 Å². The molecule has 9 N–H and O–H groups in total. The summed E-state index contributed by atoms with van der Waals surface area (Å²) in [4.78, 5) is 88.4. The number of nitrogens with one attached hydrogen (secondary N) is 5. The van der Waals surface area contributed by atoms with Crippen LogP contribution >= 0.6 is 12.4 Å². The Kier molecular flexibility index (Phi) is 18.4. The summed E-state index contributed by atoms with van der Waals surface area (Å²) in [6.07, 6.45) is 1.67. The number of halogens is 1. The lowest BCUT2D eigenvalue weighted by atomic mass is 10.0. The largest absolute Gasteiger partial charge is 0.496 e. The molecular formula is C49H56ClN9O7. The number of benzene rings is 5. The number of nitrogens with zero attached hydrogens (tertiary/aromatic N) is 2. The van der Waals surface area contributed by atoms with Gasteiger partial charge in [-0.05, 0) is 60.4 Å². The minimum Gasteiger partial charge on any atom is -0.496 e. The SMILES string of the molecule is COc1cc(NC(=O)C2CCCN2C(=O)C(Cc2ccccc2)NC(=O)C(Cc2ccccc2)NC(=O)CNC(=O)C(CCCN=C(N)N)NC(=O)c2ccccc2)cc2ccccc12.Cl. The van der Waals surface area contributed by atoms with E-state index in [1.807, 2.05) is 78.9 Å². The van der Waals surface area contributed by atoms with E-state index in [0.717, 1.165) is 21.9 Å². The third kappa shape index (κ3) is 14.0. The van der Waals surface area contributed by atoms with E-state index in [1.165, 1.54) is 4.90 Å². The lowest BCUT2D eigenvalue weighted by Crippen LogP contribution is -2.58. The average molecular weight is 918 g/mol. The van der Waals surface area contributed by atoms with E-state index in [2.05, 4.69) is 31.6 Å². The van der Waals surface area contributed by atoms with Gasteiger partial charge in [0.2, 0.25) is 29.5 Å². The summed E-state index contributed by atoms with van der Waals surface area (Å²) >= 11 is 0. The van der Waals surface area contributed by atoms with E-state index in [1.54, 1.807) is 55.6 Å². The van der Waals surface area contributed by atoms with Gasteiger partial charge < -0.3 is 47.7 Å². The average Bonchev–Trinajstić information content (AvgIpc) is 3.82. The molecule has 66 heavy (non-hydrogen) atoms. The number of methoxy groups -OCH3 is 1. The fourth-order valence-electron chi connectivity index (χ4n) is 7.77. The Balaban J connectivity index is 0.00000817. The van der Waals surface area contributed by atoms with Crippen molar-refractivity contribution < 1.29 is 33.5 Å². The van der Waals surface area contributed by atoms with Gasteiger partial charge in [0.25, 0.3) is 5.91 Å². The number of rotatable bonds is 20.